The van der Waals surface area contributed by atoms with Gasteiger partial charge in [-0.3, -0.25) is 9.47 Å². The minimum atomic E-state index is -2.66. The van der Waals surface area contributed by atoms with Crippen molar-refractivity contribution in [3.05, 3.63) is 53.9 Å². The summed E-state index contributed by atoms with van der Waals surface area (Å²) < 4.78 is 39.3. The van der Waals surface area contributed by atoms with Gasteiger partial charge in [0.15, 0.2) is 11.5 Å². The van der Waals surface area contributed by atoms with Crippen LogP contribution in [0, 0.1) is 0 Å². The lowest BCUT2D eigenvalue weighted by Gasteiger charge is -2.26. The molecule has 1 heterocycles. The van der Waals surface area contributed by atoms with Crippen molar-refractivity contribution in [3.63, 3.8) is 0 Å². The van der Waals surface area contributed by atoms with Crippen LogP contribution in [-0.2, 0) is 6.54 Å². The summed E-state index contributed by atoms with van der Waals surface area (Å²) >= 11 is 0. The summed E-state index contributed by atoms with van der Waals surface area (Å²) in [6, 6.07) is 12.2. The number of ether oxygens (including phenoxy) is 2. The van der Waals surface area contributed by atoms with Crippen molar-refractivity contribution in [2.75, 3.05) is 21.3 Å². The molecular weight excluding hydrogens is 352 g/mol. The molecule has 0 aliphatic heterocycles. The van der Waals surface area contributed by atoms with Gasteiger partial charge in [-0.05, 0) is 32.2 Å². The Morgan fingerprint density at radius 2 is 1.81 bits per heavy atom. The number of benzene rings is 2. The quantitative estimate of drug-likeness (QED) is 0.603. The van der Waals surface area contributed by atoms with E-state index in [1.54, 1.807) is 38.5 Å². The highest BCUT2D eigenvalue weighted by molar-refractivity contribution is 5.76. The van der Waals surface area contributed by atoms with Crippen LogP contribution in [0.25, 0.3) is 11.0 Å². The van der Waals surface area contributed by atoms with Gasteiger partial charge in [-0.2, -0.15) is 8.78 Å². The molecule has 144 valence electrons. The number of fused-ring (bicyclic) bond motifs is 1. The number of alkyl halides is 2. The van der Waals surface area contributed by atoms with Gasteiger partial charge in [-0.1, -0.05) is 24.3 Å². The molecule has 0 aliphatic carbocycles. The fourth-order valence-corrected chi connectivity index (χ4v) is 3.24. The topological polar surface area (TPSA) is 39.5 Å². The maximum Gasteiger partial charge on any atom is 0.320 e. The lowest BCUT2D eigenvalue weighted by atomic mass is 10.1. The van der Waals surface area contributed by atoms with E-state index in [1.165, 1.54) is 0 Å². The highest BCUT2D eigenvalue weighted by Gasteiger charge is 2.25. The minimum absolute atomic E-state index is 0.329. The van der Waals surface area contributed by atoms with Crippen LogP contribution in [0.15, 0.2) is 42.5 Å². The largest absolute Gasteiger partial charge is 0.493 e. The highest BCUT2D eigenvalue weighted by atomic mass is 19.3. The molecule has 5 nitrogen and oxygen atoms in total. The molecule has 0 bridgehead atoms. The number of methoxy groups -OCH3 is 2. The fourth-order valence-electron chi connectivity index (χ4n) is 3.24. The van der Waals surface area contributed by atoms with Crippen molar-refractivity contribution in [2.24, 2.45) is 0 Å². The second-order valence-electron chi connectivity index (χ2n) is 6.35. The van der Waals surface area contributed by atoms with E-state index in [1.807, 2.05) is 37.1 Å². The molecule has 1 aromatic heterocycles. The van der Waals surface area contributed by atoms with Crippen LogP contribution in [0.3, 0.4) is 0 Å². The first kappa shape index (κ1) is 19.1. The van der Waals surface area contributed by atoms with E-state index >= 15 is 0 Å². The van der Waals surface area contributed by atoms with E-state index in [2.05, 4.69) is 4.98 Å². The van der Waals surface area contributed by atoms with Crippen LogP contribution in [0.2, 0.25) is 0 Å². The molecule has 0 saturated carbocycles. The van der Waals surface area contributed by atoms with E-state index in [9.17, 15) is 8.78 Å². The number of rotatable bonds is 7. The zero-order chi connectivity index (χ0) is 19.6. The van der Waals surface area contributed by atoms with E-state index in [4.69, 9.17) is 9.47 Å². The van der Waals surface area contributed by atoms with Crippen molar-refractivity contribution in [3.8, 4) is 11.5 Å². The van der Waals surface area contributed by atoms with E-state index < -0.39 is 6.55 Å². The molecule has 3 rings (SSSR count). The Hall–Kier alpha value is -2.67. The van der Waals surface area contributed by atoms with Crippen LogP contribution < -0.4 is 9.47 Å². The number of hydrogen-bond donors (Lipinski definition) is 0. The Morgan fingerprint density at radius 3 is 2.48 bits per heavy atom. The van der Waals surface area contributed by atoms with Gasteiger partial charge in [0.25, 0.3) is 0 Å². The number of aromatic nitrogens is 2. The van der Waals surface area contributed by atoms with Crippen LogP contribution >= 0.6 is 0 Å². The van der Waals surface area contributed by atoms with Gasteiger partial charge in [0.1, 0.15) is 5.82 Å². The maximum absolute atomic E-state index is 13.7. The molecule has 0 aliphatic rings. The predicted octanol–water partition coefficient (Wildman–Crippen LogP) is 4.64. The molecule has 27 heavy (non-hydrogen) atoms. The first-order valence-electron chi connectivity index (χ1n) is 8.63. The summed E-state index contributed by atoms with van der Waals surface area (Å²) in [6.07, 6.45) is 0. The Kier molecular flexibility index (Phi) is 5.60. The predicted molar refractivity (Wildman–Crippen MR) is 100 cm³/mol. The number of nitrogens with zero attached hydrogens (tertiary/aromatic N) is 3. The van der Waals surface area contributed by atoms with E-state index in [0.717, 1.165) is 10.1 Å². The summed E-state index contributed by atoms with van der Waals surface area (Å²) in [7, 11) is 5.04. The van der Waals surface area contributed by atoms with Gasteiger partial charge in [0, 0.05) is 12.1 Å². The molecule has 3 aromatic rings. The lowest BCUT2D eigenvalue weighted by Crippen LogP contribution is -2.25. The van der Waals surface area contributed by atoms with Gasteiger partial charge < -0.3 is 9.47 Å². The average Bonchev–Trinajstić information content (AvgIpc) is 3.06. The Bertz CT molecular complexity index is 927. The number of halogens is 2. The Balaban J connectivity index is 1.94. The Labute approximate surface area is 157 Å². The maximum atomic E-state index is 13.7. The van der Waals surface area contributed by atoms with Crippen LogP contribution in [0.1, 0.15) is 30.9 Å². The second kappa shape index (κ2) is 7.92. The smallest absolute Gasteiger partial charge is 0.320 e. The number of para-hydroxylation sites is 3. The monoisotopic (exact) mass is 375 g/mol. The summed E-state index contributed by atoms with van der Waals surface area (Å²) in [4.78, 5) is 6.41. The third-order valence-corrected chi connectivity index (χ3v) is 4.76. The molecular formula is C20H23F2N3O2. The van der Waals surface area contributed by atoms with Gasteiger partial charge in [-0.15, -0.1) is 0 Å². The molecule has 0 spiro atoms. The first-order chi connectivity index (χ1) is 13.0. The molecule has 0 fully saturated rings. The normalized spacial score (nSPS) is 12.7. The molecule has 2 aromatic carbocycles. The van der Waals surface area contributed by atoms with E-state index in [-0.39, 0.29) is 6.04 Å². The highest BCUT2D eigenvalue weighted by Crippen LogP contribution is 2.34. The Morgan fingerprint density at radius 1 is 1.07 bits per heavy atom. The average molecular weight is 375 g/mol. The molecule has 0 radical (unpaired) electrons. The van der Waals surface area contributed by atoms with Gasteiger partial charge in [0.2, 0.25) is 0 Å². The zero-order valence-electron chi connectivity index (χ0n) is 15.8. The number of hydrogen-bond acceptors (Lipinski definition) is 4. The van der Waals surface area contributed by atoms with Gasteiger partial charge in [-0.25, -0.2) is 4.98 Å². The summed E-state index contributed by atoms with van der Waals surface area (Å²) in [5.74, 6) is 1.60. The summed E-state index contributed by atoms with van der Waals surface area (Å²) in [5.41, 5.74) is 1.90. The van der Waals surface area contributed by atoms with Crippen molar-refractivity contribution in [1.82, 2.24) is 14.5 Å². The molecule has 0 amide bonds. The summed E-state index contributed by atoms with van der Waals surface area (Å²) in [5, 5.41) is 0. The first-order valence-corrected chi connectivity index (χ1v) is 8.63. The number of imidazole rings is 1. The van der Waals surface area contributed by atoms with Crippen molar-refractivity contribution in [1.29, 1.82) is 0 Å². The fraction of sp³-hybridized carbons (Fsp3) is 0.350. The zero-order valence-corrected chi connectivity index (χ0v) is 15.8. The SMILES string of the molecule is COc1cccc(CN(C)[C@@H](C)c2nc3ccccc3n2C(F)F)c1OC. The standard InChI is InChI=1S/C20H23F2N3O2/c1-13(19-23-15-9-5-6-10-16(15)25(19)20(21)22)24(2)12-14-8-7-11-17(26-3)18(14)27-4/h5-11,13,20H,12H2,1-4H3/t13-/m0/s1. The van der Waals surface area contributed by atoms with Crippen molar-refractivity contribution in [2.45, 2.75) is 26.1 Å². The van der Waals surface area contributed by atoms with Crippen LogP contribution in [-0.4, -0.2) is 35.7 Å². The van der Waals surface area contributed by atoms with Crippen LogP contribution in [0.4, 0.5) is 8.78 Å². The lowest BCUT2D eigenvalue weighted by molar-refractivity contribution is 0.0657. The minimum Gasteiger partial charge on any atom is -0.493 e. The molecule has 7 heteroatoms. The molecule has 1 atom stereocenters. The van der Waals surface area contributed by atoms with E-state index in [0.29, 0.717) is 34.9 Å². The molecule has 0 N–H and O–H groups in total. The van der Waals surface area contributed by atoms with Crippen molar-refractivity contribution >= 4 is 11.0 Å². The van der Waals surface area contributed by atoms with Crippen LogP contribution in [0.5, 0.6) is 11.5 Å². The third-order valence-electron chi connectivity index (χ3n) is 4.76. The van der Waals surface area contributed by atoms with Gasteiger partial charge in [0.05, 0.1) is 31.3 Å². The third kappa shape index (κ3) is 3.60. The summed E-state index contributed by atoms with van der Waals surface area (Å²) in [6.45, 7) is -0.296. The van der Waals surface area contributed by atoms with Gasteiger partial charge >= 0.3 is 6.55 Å². The second-order valence-corrected chi connectivity index (χ2v) is 6.35. The molecule has 0 saturated heterocycles. The molecule has 0 unspecified atom stereocenters. The van der Waals surface area contributed by atoms with Crippen molar-refractivity contribution < 1.29 is 18.3 Å².